The maximum Gasteiger partial charge on any atom is 0 e. The molecule has 1 rings (SSSR count). The van der Waals surface area contributed by atoms with Gasteiger partial charge < -0.3 is 0 Å². The topological polar surface area (TPSA) is 0 Å². The second-order valence-corrected chi connectivity index (χ2v) is 1.82. The van der Waals surface area contributed by atoms with Crippen LogP contribution < -0.4 is 0 Å². The Morgan fingerprint density at radius 3 is 1.56 bits per heavy atom. The minimum Gasteiger partial charge on any atom is -0.0842 e. The van der Waals surface area contributed by atoms with Crippen molar-refractivity contribution >= 4 is 0 Å². The van der Waals surface area contributed by atoms with Crippen molar-refractivity contribution < 1.29 is 19.5 Å². The first-order chi connectivity index (χ1) is 4.00. The first-order valence-corrected chi connectivity index (χ1v) is 2.98. The third-order valence-electron chi connectivity index (χ3n) is 1.11. The molecule has 0 aromatic rings. The molecule has 1 aliphatic rings. The Bertz CT molecular complexity index is 116. The van der Waals surface area contributed by atoms with Crippen molar-refractivity contribution in [2.45, 2.75) is 12.8 Å². The molecule has 0 heterocycles. The molecule has 0 N–H and O–H groups in total. The summed E-state index contributed by atoms with van der Waals surface area (Å²) in [6.07, 6.45) is 15.0. The Labute approximate surface area is 69.1 Å². The van der Waals surface area contributed by atoms with E-state index in [2.05, 4.69) is 36.5 Å². The molecule has 50 valence electrons. The summed E-state index contributed by atoms with van der Waals surface area (Å²) in [7, 11) is 0. The average molecular weight is 207 g/mol. The maximum atomic E-state index is 2.18. The Kier molecular flexibility index (Phi) is 5.87. The van der Waals surface area contributed by atoms with Crippen LogP contribution in [0.4, 0.5) is 0 Å². The van der Waals surface area contributed by atoms with Crippen molar-refractivity contribution in [2.75, 3.05) is 0 Å². The molecule has 0 aromatic carbocycles. The number of rotatable bonds is 0. The molecule has 0 nitrogen and oxygen atoms in total. The van der Waals surface area contributed by atoms with Gasteiger partial charge in [0.2, 0.25) is 0 Å². The van der Waals surface area contributed by atoms with Crippen LogP contribution in [0.25, 0.3) is 0 Å². The largest absolute Gasteiger partial charge is 0.0842 e. The molecule has 0 aliphatic heterocycles. The van der Waals surface area contributed by atoms with Gasteiger partial charge in [-0.1, -0.05) is 36.5 Å². The van der Waals surface area contributed by atoms with Crippen LogP contribution in [-0.2, 0) is 19.5 Å². The molecule has 1 aliphatic carbocycles. The molecule has 1 heteroatoms. The zero-order valence-corrected chi connectivity index (χ0v) is 6.97. The smallest absolute Gasteiger partial charge is 0 e. The van der Waals surface area contributed by atoms with Crippen molar-refractivity contribution in [1.29, 1.82) is 0 Å². The molecule has 0 aromatic heterocycles. The summed E-state index contributed by atoms with van der Waals surface area (Å²) in [5.74, 6) is 0. The summed E-state index contributed by atoms with van der Waals surface area (Å²) in [6, 6.07) is 0. The van der Waals surface area contributed by atoms with Gasteiger partial charge in [-0.05, 0) is 12.8 Å². The summed E-state index contributed by atoms with van der Waals surface area (Å²) >= 11 is 0. The summed E-state index contributed by atoms with van der Waals surface area (Å²) in [5, 5.41) is 0. The predicted octanol–water partition coefficient (Wildman–Crippen LogP) is 2.45. The molecule has 0 saturated heterocycles. The van der Waals surface area contributed by atoms with Crippen molar-refractivity contribution in [2.24, 2.45) is 0 Å². The van der Waals surface area contributed by atoms with Gasteiger partial charge in [0, 0.05) is 19.5 Å². The minimum atomic E-state index is 0. The van der Waals surface area contributed by atoms with E-state index in [0.717, 1.165) is 0 Å². The molecule has 0 unspecified atom stereocenters. The van der Waals surface area contributed by atoms with E-state index < -0.39 is 0 Å². The van der Waals surface area contributed by atoms with E-state index in [9.17, 15) is 0 Å². The average Bonchev–Trinajstić information content (AvgIpc) is 1.62. The number of hydrogen-bond acceptors (Lipinski definition) is 0. The van der Waals surface area contributed by atoms with Crippen LogP contribution in [0.1, 0.15) is 12.8 Å². The summed E-state index contributed by atoms with van der Waals surface area (Å²) < 4.78 is 0. The van der Waals surface area contributed by atoms with E-state index in [4.69, 9.17) is 0 Å². The van der Waals surface area contributed by atoms with Gasteiger partial charge in [-0.25, -0.2) is 0 Å². The van der Waals surface area contributed by atoms with Crippen LogP contribution >= 0.6 is 0 Å². The van der Waals surface area contributed by atoms with E-state index >= 15 is 0 Å². The first kappa shape index (κ1) is 8.84. The first-order valence-electron chi connectivity index (χ1n) is 2.98. The fourth-order valence-electron chi connectivity index (χ4n) is 0.670. The van der Waals surface area contributed by atoms with Gasteiger partial charge in [0.05, 0.1) is 0 Å². The normalized spacial score (nSPS) is 26.7. The van der Waals surface area contributed by atoms with Crippen molar-refractivity contribution in [3.63, 3.8) is 0 Å². The van der Waals surface area contributed by atoms with Crippen LogP contribution in [0.3, 0.4) is 0 Å². The summed E-state index contributed by atoms with van der Waals surface area (Å²) in [6.45, 7) is 0. The van der Waals surface area contributed by atoms with Crippen LogP contribution in [0.2, 0.25) is 0 Å². The van der Waals surface area contributed by atoms with Gasteiger partial charge in [-0.15, -0.1) is 0 Å². The van der Waals surface area contributed by atoms with Crippen LogP contribution in [0.15, 0.2) is 36.5 Å². The molecule has 0 radical (unpaired) electrons. The fraction of sp³-hybridized carbons (Fsp3) is 0.250. The molecule has 0 atom stereocenters. The Balaban J connectivity index is 0.000000640. The number of allylic oxidation sites excluding steroid dienone is 6. The summed E-state index contributed by atoms with van der Waals surface area (Å²) in [4.78, 5) is 0. The van der Waals surface area contributed by atoms with Gasteiger partial charge in [0.1, 0.15) is 0 Å². The molecule has 0 fully saturated rings. The van der Waals surface area contributed by atoms with E-state index in [0.29, 0.717) is 0 Å². The molecule has 0 amide bonds. The van der Waals surface area contributed by atoms with Crippen LogP contribution in [0.5, 0.6) is 0 Å². The Morgan fingerprint density at radius 1 is 0.667 bits per heavy atom. The second kappa shape index (κ2) is 5.97. The van der Waals surface area contributed by atoms with Crippen molar-refractivity contribution in [1.82, 2.24) is 0 Å². The predicted molar refractivity (Wildman–Crippen MR) is 36.7 cm³/mol. The van der Waals surface area contributed by atoms with Gasteiger partial charge in [-0.2, -0.15) is 0 Å². The van der Waals surface area contributed by atoms with Crippen molar-refractivity contribution in [3.8, 4) is 0 Å². The van der Waals surface area contributed by atoms with Gasteiger partial charge in [-0.3, -0.25) is 0 Å². The molecule has 0 bridgehead atoms. The summed E-state index contributed by atoms with van der Waals surface area (Å²) in [5.41, 5.74) is 0. The van der Waals surface area contributed by atoms with E-state index in [1.807, 2.05) is 0 Å². The maximum absolute atomic E-state index is 2.18. The Hall–Kier alpha value is -0.157. The van der Waals surface area contributed by atoms with Gasteiger partial charge >= 0.3 is 0 Å². The molecule has 9 heavy (non-hydrogen) atoms. The zero-order valence-electron chi connectivity index (χ0n) is 5.23. The third kappa shape index (κ3) is 4.35. The Morgan fingerprint density at radius 2 is 1.11 bits per heavy atom. The monoisotopic (exact) mass is 208 g/mol. The van der Waals surface area contributed by atoms with Crippen LogP contribution in [-0.4, -0.2) is 0 Å². The molecule has 0 spiro atoms. The van der Waals surface area contributed by atoms with Gasteiger partial charge in [0.25, 0.3) is 0 Å². The minimum absolute atomic E-state index is 0. The van der Waals surface area contributed by atoms with E-state index in [1.165, 1.54) is 12.8 Å². The molecule has 0 saturated carbocycles. The van der Waals surface area contributed by atoms with E-state index in [-0.39, 0.29) is 19.5 Å². The van der Waals surface area contributed by atoms with Crippen LogP contribution in [0, 0.1) is 0 Å². The fourth-order valence-corrected chi connectivity index (χ4v) is 0.670. The standard InChI is InChI=1S/C8H10.Ru/c1-2-4-6-8-7-5-3-1;/h1-6H,7-8H2;/b2-1-,5-3-,6-4-;. The third-order valence-corrected chi connectivity index (χ3v) is 1.11. The number of hydrogen-bond donors (Lipinski definition) is 0. The zero-order chi connectivity index (χ0) is 5.66. The second-order valence-electron chi connectivity index (χ2n) is 1.82. The van der Waals surface area contributed by atoms with E-state index in [1.54, 1.807) is 0 Å². The van der Waals surface area contributed by atoms with Crippen molar-refractivity contribution in [3.05, 3.63) is 36.5 Å². The quantitative estimate of drug-likeness (QED) is 0.535. The van der Waals surface area contributed by atoms with Gasteiger partial charge in [0.15, 0.2) is 0 Å². The molecular formula is C8H10Ru. The molecular weight excluding hydrogens is 197 g/mol. The SMILES string of the molecule is C1=C\C=C/CC\C=C/1.[Ru].